The zero-order valence-corrected chi connectivity index (χ0v) is 36.5. The molecule has 0 saturated carbocycles. The van der Waals surface area contributed by atoms with Crippen LogP contribution >= 0.6 is 0 Å². The van der Waals surface area contributed by atoms with Crippen LogP contribution in [0.15, 0.2) is 166 Å². The van der Waals surface area contributed by atoms with Gasteiger partial charge < -0.3 is 31.9 Å². The molecule has 67 heavy (non-hydrogen) atoms. The molecule has 0 fully saturated rings. The lowest BCUT2D eigenvalue weighted by molar-refractivity contribution is 0.482. The first-order valence-corrected chi connectivity index (χ1v) is 21.3. The fraction of sp³-hybridized carbons (Fsp3) is 0.0926. The SMILES string of the molecule is C.Cc1cc(Nc2nc(Nc3cccc(N)c3)nc(Nc3cc(C)cc4cc(C)c(N=Nc5cccc6ccccc56)c(O)c34)n2)c2c(O)c(N=Nc3cccc4ccccc34)c(C)cc2c1. The van der Waals surface area contributed by atoms with Crippen LogP contribution < -0.4 is 21.7 Å². The van der Waals surface area contributed by atoms with Gasteiger partial charge in [0.2, 0.25) is 17.8 Å². The van der Waals surface area contributed by atoms with E-state index in [0.29, 0.717) is 56.3 Å². The van der Waals surface area contributed by atoms with Crippen molar-refractivity contribution in [3.05, 3.63) is 168 Å². The van der Waals surface area contributed by atoms with Crippen molar-refractivity contribution in [1.29, 1.82) is 0 Å². The highest BCUT2D eigenvalue weighted by Crippen LogP contribution is 2.46. The third kappa shape index (κ3) is 8.68. The molecule has 13 heteroatoms. The monoisotopic (exact) mass is 881 g/mol. The van der Waals surface area contributed by atoms with E-state index < -0.39 is 0 Å². The average Bonchev–Trinajstić information content (AvgIpc) is 3.28. The molecule has 0 aliphatic carbocycles. The molecule has 0 bridgehead atoms. The van der Waals surface area contributed by atoms with Crippen LogP contribution in [-0.4, -0.2) is 25.2 Å². The fourth-order valence-electron chi connectivity index (χ4n) is 8.38. The van der Waals surface area contributed by atoms with Gasteiger partial charge in [0.15, 0.2) is 11.5 Å². The molecule has 0 radical (unpaired) electrons. The van der Waals surface area contributed by atoms with Crippen LogP contribution in [0.1, 0.15) is 29.7 Å². The molecule has 10 rings (SSSR count). The van der Waals surface area contributed by atoms with Crippen LogP contribution in [0.25, 0.3) is 43.1 Å². The van der Waals surface area contributed by atoms with Crippen LogP contribution in [0.4, 0.5) is 63.3 Å². The number of phenols is 2. The molecule has 0 unspecified atom stereocenters. The Labute approximate surface area is 386 Å². The molecule has 1 aromatic heterocycles. The summed E-state index contributed by atoms with van der Waals surface area (Å²) in [5.74, 6) is 0.418. The number of hydrogen-bond acceptors (Lipinski definition) is 13. The molecular weight excluding hydrogens is 835 g/mol. The van der Waals surface area contributed by atoms with Gasteiger partial charge in [0.1, 0.15) is 11.4 Å². The largest absolute Gasteiger partial charge is 0.505 e. The Bertz CT molecular complexity index is 3410. The van der Waals surface area contributed by atoms with E-state index in [1.807, 2.05) is 161 Å². The molecule has 7 N–H and O–H groups in total. The third-order valence-electron chi connectivity index (χ3n) is 11.4. The number of nitrogens with two attached hydrogens (primary N) is 1. The Morgan fingerprint density at radius 1 is 0.448 bits per heavy atom. The van der Waals surface area contributed by atoms with E-state index >= 15 is 0 Å². The molecule has 0 spiro atoms. The van der Waals surface area contributed by atoms with Crippen molar-refractivity contribution in [2.45, 2.75) is 35.1 Å². The Hall–Kier alpha value is -8.97. The minimum atomic E-state index is -0.0487. The molecule has 0 aliphatic heterocycles. The number of hydrogen-bond donors (Lipinski definition) is 6. The van der Waals surface area contributed by atoms with Gasteiger partial charge in [0, 0.05) is 32.9 Å². The quantitative estimate of drug-likeness (QED) is 0.0573. The van der Waals surface area contributed by atoms with Crippen molar-refractivity contribution in [3.8, 4) is 11.5 Å². The Morgan fingerprint density at radius 3 is 1.36 bits per heavy atom. The van der Waals surface area contributed by atoms with Gasteiger partial charge in [-0.1, -0.05) is 98.4 Å². The van der Waals surface area contributed by atoms with Gasteiger partial charge in [-0.25, -0.2) is 0 Å². The highest BCUT2D eigenvalue weighted by Gasteiger charge is 2.20. The molecule has 0 aliphatic rings. The number of nitrogens with one attached hydrogen (secondary N) is 3. The second kappa shape index (κ2) is 17.9. The third-order valence-corrected chi connectivity index (χ3v) is 11.4. The number of phenolic OH excluding ortho intramolecular Hbond substituents is 2. The van der Waals surface area contributed by atoms with E-state index in [4.69, 9.17) is 20.7 Å². The van der Waals surface area contributed by atoms with Crippen molar-refractivity contribution in [2.24, 2.45) is 20.5 Å². The van der Waals surface area contributed by atoms with E-state index in [1.54, 1.807) is 12.1 Å². The summed E-state index contributed by atoms with van der Waals surface area (Å²) in [5, 5.41) is 59.1. The number of aromatic hydroxyl groups is 2. The first-order chi connectivity index (χ1) is 32.0. The summed E-state index contributed by atoms with van der Waals surface area (Å²) in [7, 11) is 0. The normalized spacial score (nSPS) is 11.5. The number of azo groups is 2. The van der Waals surface area contributed by atoms with Crippen LogP contribution in [0.5, 0.6) is 11.5 Å². The molecule has 13 nitrogen and oxygen atoms in total. The highest BCUT2D eigenvalue weighted by atomic mass is 16.3. The maximum absolute atomic E-state index is 12.0. The van der Waals surface area contributed by atoms with E-state index in [0.717, 1.165) is 54.6 Å². The molecule has 330 valence electrons. The summed E-state index contributed by atoms with van der Waals surface area (Å²) in [6.07, 6.45) is 0. The first kappa shape index (κ1) is 43.3. The highest BCUT2D eigenvalue weighted by molar-refractivity contribution is 6.05. The molecule has 0 saturated heterocycles. The van der Waals surface area contributed by atoms with E-state index in [2.05, 4.69) is 36.4 Å². The number of rotatable bonds is 10. The van der Waals surface area contributed by atoms with Crippen molar-refractivity contribution in [1.82, 2.24) is 15.0 Å². The van der Waals surface area contributed by atoms with Gasteiger partial charge in [-0.05, 0) is 126 Å². The zero-order valence-electron chi connectivity index (χ0n) is 36.5. The number of fused-ring (bicyclic) bond motifs is 4. The predicted octanol–water partition coefficient (Wildman–Crippen LogP) is 15.4. The molecule has 1 heterocycles. The predicted molar refractivity (Wildman–Crippen MR) is 274 cm³/mol. The van der Waals surface area contributed by atoms with Gasteiger partial charge in [0.25, 0.3) is 0 Å². The molecule has 0 atom stereocenters. The van der Waals surface area contributed by atoms with Crippen LogP contribution in [-0.2, 0) is 0 Å². The van der Waals surface area contributed by atoms with Crippen molar-refractivity contribution >= 4 is 106 Å². The summed E-state index contributed by atoms with van der Waals surface area (Å²) in [6.45, 7) is 7.75. The number of benzene rings is 9. The topological polar surface area (TPSA) is 191 Å². The summed E-state index contributed by atoms with van der Waals surface area (Å²) < 4.78 is 0. The maximum atomic E-state index is 12.0. The molecule has 9 aromatic carbocycles. The lowest BCUT2D eigenvalue weighted by Crippen LogP contribution is -2.08. The number of aryl methyl sites for hydroxylation is 4. The Kier molecular flexibility index (Phi) is 11.6. The second-order valence-electron chi connectivity index (χ2n) is 16.3. The van der Waals surface area contributed by atoms with E-state index in [1.165, 1.54) is 0 Å². The molecule has 0 amide bonds. The molecular formula is C54H47N11O2. The van der Waals surface area contributed by atoms with Crippen LogP contribution in [0.3, 0.4) is 0 Å². The number of nitrogens with zero attached hydrogens (tertiary/aromatic N) is 7. The maximum Gasteiger partial charge on any atom is 0.233 e. The number of anilines is 7. The van der Waals surface area contributed by atoms with Gasteiger partial charge in [-0.15, -0.1) is 20.5 Å². The smallest absolute Gasteiger partial charge is 0.233 e. The molecule has 10 aromatic rings. The van der Waals surface area contributed by atoms with Crippen molar-refractivity contribution < 1.29 is 10.2 Å². The summed E-state index contributed by atoms with van der Waals surface area (Å²) in [6, 6.07) is 46.7. The summed E-state index contributed by atoms with van der Waals surface area (Å²) in [4.78, 5) is 14.4. The summed E-state index contributed by atoms with van der Waals surface area (Å²) >= 11 is 0. The Balaban J connectivity index is 0.00000562. The number of aromatic nitrogens is 3. The Morgan fingerprint density at radius 2 is 0.881 bits per heavy atom. The lowest BCUT2D eigenvalue weighted by Gasteiger charge is -2.17. The minimum absolute atomic E-state index is 0. The first-order valence-electron chi connectivity index (χ1n) is 21.3. The fourth-order valence-corrected chi connectivity index (χ4v) is 8.38. The van der Waals surface area contributed by atoms with Gasteiger partial charge in [-0.2, -0.15) is 15.0 Å². The van der Waals surface area contributed by atoms with Crippen molar-refractivity contribution in [3.63, 3.8) is 0 Å². The minimum Gasteiger partial charge on any atom is -0.505 e. The second-order valence-corrected chi connectivity index (χ2v) is 16.3. The van der Waals surface area contributed by atoms with Gasteiger partial charge in [0.05, 0.1) is 22.7 Å². The van der Waals surface area contributed by atoms with Gasteiger partial charge >= 0.3 is 0 Å². The van der Waals surface area contributed by atoms with Crippen LogP contribution in [0.2, 0.25) is 0 Å². The number of nitrogen functional groups attached to an aromatic ring is 1. The standard InChI is InChI=1S/C53H43N11O2.CH4/c1-29-22-35-26-31(3)47(63-61-41-20-9-14-33-12-5-7-18-39(33)41)49(65)45(35)43(24-29)56-52-58-51(55-38-17-11-16-37(54)28-38)59-53(60-52)57-44-25-30(2)23-36-27-32(4)48(50(66)46(36)44)64-62-42-21-10-15-34-13-6-8-19-40(34)42;/h5-28,65-66H,54H2,1-4H3,(H3,55,56,57,58,59,60);1H4. The van der Waals surface area contributed by atoms with Crippen molar-refractivity contribution in [2.75, 3.05) is 21.7 Å². The lowest BCUT2D eigenvalue weighted by atomic mass is 10.0. The zero-order chi connectivity index (χ0) is 45.5. The summed E-state index contributed by atoms with van der Waals surface area (Å²) in [5.41, 5.74) is 13.8. The average molecular weight is 882 g/mol. The van der Waals surface area contributed by atoms with Gasteiger partial charge in [-0.3, -0.25) is 0 Å². The van der Waals surface area contributed by atoms with Crippen LogP contribution in [0, 0.1) is 27.7 Å². The van der Waals surface area contributed by atoms with E-state index in [-0.39, 0.29) is 36.8 Å². The van der Waals surface area contributed by atoms with E-state index in [9.17, 15) is 10.2 Å².